The number of hydrogen-bond acceptors (Lipinski definition) is 2. The number of amides is 1. The predicted molar refractivity (Wildman–Crippen MR) is 77.8 cm³/mol. The largest absolute Gasteiger partial charge is 0.368 e. The number of rotatable bonds is 6. The third-order valence-corrected chi connectivity index (χ3v) is 4.09. The van der Waals surface area contributed by atoms with Crippen LogP contribution in [0, 0.1) is 5.92 Å². The van der Waals surface area contributed by atoms with E-state index in [-0.39, 0.29) is 5.91 Å². The molecule has 0 heterocycles. The van der Waals surface area contributed by atoms with Gasteiger partial charge in [0, 0.05) is 0 Å². The Hall–Kier alpha value is -1.35. The molecule has 1 unspecified atom stereocenters. The van der Waals surface area contributed by atoms with E-state index in [9.17, 15) is 4.79 Å². The fraction of sp³-hybridized carbons (Fsp3) is 0.562. The van der Waals surface area contributed by atoms with Gasteiger partial charge in [0.15, 0.2) is 0 Å². The average molecular weight is 260 g/mol. The van der Waals surface area contributed by atoms with E-state index in [2.05, 4.69) is 31.3 Å². The van der Waals surface area contributed by atoms with Crippen LogP contribution >= 0.6 is 0 Å². The zero-order chi connectivity index (χ0) is 14.0. The molecule has 1 atom stereocenters. The molecule has 1 fully saturated rings. The summed E-state index contributed by atoms with van der Waals surface area (Å²) in [5.41, 5.74) is 7.07. The number of carbonyl (C=O) groups excluding carboxylic acids is 1. The fourth-order valence-electron chi connectivity index (χ4n) is 2.20. The molecule has 1 aromatic carbocycles. The third-order valence-electron chi connectivity index (χ3n) is 4.09. The van der Waals surface area contributed by atoms with Crippen molar-refractivity contribution < 1.29 is 4.79 Å². The third kappa shape index (κ3) is 3.16. The SMILES string of the molecule is CC(C)c1ccc(C(C)(NCC2CC2)C(N)=O)cc1. The molecule has 19 heavy (non-hydrogen) atoms. The molecule has 1 saturated carbocycles. The molecule has 0 bridgehead atoms. The van der Waals surface area contributed by atoms with E-state index in [1.807, 2.05) is 19.1 Å². The van der Waals surface area contributed by atoms with Crippen LogP contribution in [0.2, 0.25) is 0 Å². The maximum atomic E-state index is 11.8. The molecule has 3 nitrogen and oxygen atoms in total. The molecule has 104 valence electrons. The second kappa shape index (κ2) is 5.33. The summed E-state index contributed by atoms with van der Waals surface area (Å²) in [6, 6.07) is 8.19. The van der Waals surface area contributed by atoms with Gasteiger partial charge in [0.2, 0.25) is 5.91 Å². The Morgan fingerprint density at radius 2 is 1.95 bits per heavy atom. The van der Waals surface area contributed by atoms with E-state index in [4.69, 9.17) is 5.73 Å². The van der Waals surface area contributed by atoms with Gasteiger partial charge in [-0.25, -0.2) is 0 Å². The highest BCUT2D eigenvalue weighted by atomic mass is 16.1. The van der Waals surface area contributed by atoms with Crippen molar-refractivity contribution in [3.8, 4) is 0 Å². The number of primary amides is 1. The van der Waals surface area contributed by atoms with Crippen molar-refractivity contribution in [1.29, 1.82) is 0 Å². The molecule has 2 rings (SSSR count). The molecule has 1 aliphatic rings. The summed E-state index contributed by atoms with van der Waals surface area (Å²) in [6.07, 6.45) is 2.52. The topological polar surface area (TPSA) is 55.1 Å². The van der Waals surface area contributed by atoms with E-state index in [1.165, 1.54) is 18.4 Å². The molecule has 3 heteroatoms. The van der Waals surface area contributed by atoms with Crippen LogP contribution in [0.25, 0.3) is 0 Å². The Kier molecular flexibility index (Phi) is 3.95. The van der Waals surface area contributed by atoms with E-state index < -0.39 is 5.54 Å². The van der Waals surface area contributed by atoms with Crippen LogP contribution < -0.4 is 11.1 Å². The standard InChI is InChI=1S/C16H24N2O/c1-11(2)13-6-8-14(9-7-13)16(3,15(17)19)18-10-12-4-5-12/h6-9,11-12,18H,4-5,10H2,1-3H3,(H2,17,19). The summed E-state index contributed by atoms with van der Waals surface area (Å²) in [6.45, 7) is 7.06. The van der Waals surface area contributed by atoms with Crippen LogP contribution in [0.15, 0.2) is 24.3 Å². The van der Waals surface area contributed by atoms with E-state index in [0.29, 0.717) is 11.8 Å². The van der Waals surface area contributed by atoms with Gasteiger partial charge in [-0.05, 0) is 49.3 Å². The lowest BCUT2D eigenvalue weighted by Crippen LogP contribution is -2.51. The van der Waals surface area contributed by atoms with Crippen molar-refractivity contribution in [2.75, 3.05) is 6.54 Å². The number of carbonyl (C=O) groups is 1. The molecular formula is C16H24N2O. The van der Waals surface area contributed by atoms with Gasteiger partial charge in [-0.15, -0.1) is 0 Å². The number of hydrogen-bond donors (Lipinski definition) is 2. The van der Waals surface area contributed by atoms with Gasteiger partial charge < -0.3 is 5.73 Å². The second-order valence-corrected chi connectivity index (χ2v) is 6.09. The first-order chi connectivity index (χ1) is 8.93. The number of nitrogens with two attached hydrogens (primary N) is 1. The summed E-state index contributed by atoms with van der Waals surface area (Å²) in [5, 5.41) is 3.35. The molecule has 1 aromatic rings. The summed E-state index contributed by atoms with van der Waals surface area (Å²) in [7, 11) is 0. The molecule has 0 aromatic heterocycles. The molecule has 1 amide bonds. The van der Waals surface area contributed by atoms with Crippen LogP contribution in [0.3, 0.4) is 0 Å². The smallest absolute Gasteiger partial charge is 0.242 e. The van der Waals surface area contributed by atoms with Crippen molar-refractivity contribution in [3.05, 3.63) is 35.4 Å². The minimum Gasteiger partial charge on any atom is -0.368 e. The van der Waals surface area contributed by atoms with Gasteiger partial charge in [-0.3, -0.25) is 10.1 Å². The fourth-order valence-corrected chi connectivity index (χ4v) is 2.20. The van der Waals surface area contributed by atoms with Gasteiger partial charge in [0.25, 0.3) is 0 Å². The Balaban J connectivity index is 2.19. The van der Waals surface area contributed by atoms with Crippen LogP contribution in [0.5, 0.6) is 0 Å². The lowest BCUT2D eigenvalue weighted by Gasteiger charge is -2.28. The maximum absolute atomic E-state index is 11.8. The zero-order valence-electron chi connectivity index (χ0n) is 12.1. The molecule has 0 aliphatic heterocycles. The van der Waals surface area contributed by atoms with Crippen molar-refractivity contribution >= 4 is 5.91 Å². The second-order valence-electron chi connectivity index (χ2n) is 6.09. The Bertz CT molecular complexity index is 448. The van der Waals surface area contributed by atoms with Crippen LogP contribution in [-0.2, 0) is 10.3 Å². The molecule has 3 N–H and O–H groups in total. The van der Waals surface area contributed by atoms with Gasteiger partial charge in [-0.2, -0.15) is 0 Å². The van der Waals surface area contributed by atoms with Crippen molar-refractivity contribution in [2.45, 2.75) is 45.1 Å². The van der Waals surface area contributed by atoms with Crippen LogP contribution in [0.1, 0.15) is 50.7 Å². The first-order valence-corrected chi connectivity index (χ1v) is 7.09. The minimum absolute atomic E-state index is 0.314. The van der Waals surface area contributed by atoms with E-state index in [0.717, 1.165) is 12.1 Å². The van der Waals surface area contributed by atoms with Gasteiger partial charge in [0.05, 0.1) is 0 Å². The summed E-state index contributed by atoms with van der Waals surface area (Å²) in [5.74, 6) is 0.896. The Morgan fingerprint density at radius 3 is 2.37 bits per heavy atom. The lowest BCUT2D eigenvalue weighted by atomic mass is 9.89. The summed E-state index contributed by atoms with van der Waals surface area (Å²) in [4.78, 5) is 11.8. The van der Waals surface area contributed by atoms with Gasteiger partial charge in [0.1, 0.15) is 5.54 Å². The zero-order valence-corrected chi connectivity index (χ0v) is 12.1. The molecule has 0 saturated heterocycles. The van der Waals surface area contributed by atoms with Crippen LogP contribution in [-0.4, -0.2) is 12.5 Å². The molecular weight excluding hydrogens is 236 g/mol. The number of benzene rings is 1. The molecule has 1 aliphatic carbocycles. The summed E-state index contributed by atoms with van der Waals surface area (Å²) >= 11 is 0. The Morgan fingerprint density at radius 1 is 1.37 bits per heavy atom. The van der Waals surface area contributed by atoms with Crippen molar-refractivity contribution in [2.24, 2.45) is 11.7 Å². The quantitative estimate of drug-likeness (QED) is 0.825. The summed E-state index contributed by atoms with van der Waals surface area (Å²) < 4.78 is 0. The minimum atomic E-state index is -0.766. The monoisotopic (exact) mass is 260 g/mol. The predicted octanol–water partition coefficient (Wildman–Crippen LogP) is 2.51. The highest BCUT2D eigenvalue weighted by Gasteiger charge is 2.34. The van der Waals surface area contributed by atoms with Gasteiger partial charge in [-0.1, -0.05) is 38.1 Å². The maximum Gasteiger partial charge on any atom is 0.242 e. The first-order valence-electron chi connectivity index (χ1n) is 7.09. The van der Waals surface area contributed by atoms with Crippen molar-refractivity contribution in [3.63, 3.8) is 0 Å². The highest BCUT2D eigenvalue weighted by Crippen LogP contribution is 2.30. The molecule has 0 radical (unpaired) electrons. The van der Waals surface area contributed by atoms with E-state index in [1.54, 1.807) is 0 Å². The van der Waals surface area contributed by atoms with Gasteiger partial charge >= 0.3 is 0 Å². The lowest BCUT2D eigenvalue weighted by molar-refractivity contribution is -0.124. The number of nitrogens with one attached hydrogen (secondary N) is 1. The van der Waals surface area contributed by atoms with Crippen LogP contribution in [0.4, 0.5) is 0 Å². The highest BCUT2D eigenvalue weighted by molar-refractivity contribution is 5.85. The van der Waals surface area contributed by atoms with E-state index >= 15 is 0 Å². The normalized spacial score (nSPS) is 18.3. The molecule has 0 spiro atoms. The van der Waals surface area contributed by atoms with Crippen molar-refractivity contribution in [1.82, 2.24) is 5.32 Å². The average Bonchev–Trinajstić information content (AvgIpc) is 3.20. The first kappa shape index (κ1) is 14.1. The Labute approximate surface area is 115 Å².